The number of para-hydroxylation sites is 1. The Balaban J connectivity index is 1.83. The lowest BCUT2D eigenvalue weighted by molar-refractivity contribution is 0.0826. The van der Waals surface area contributed by atoms with E-state index in [1.165, 1.54) is 44.1 Å². The Morgan fingerprint density at radius 3 is 2.64 bits per heavy atom. The van der Waals surface area contributed by atoms with Crippen LogP contribution in [-0.2, 0) is 6.42 Å². The monoisotopic (exact) mass is 305 g/mol. The molecule has 0 bridgehead atoms. The summed E-state index contributed by atoms with van der Waals surface area (Å²) >= 11 is 0. The minimum absolute atomic E-state index is 0.360. The van der Waals surface area contributed by atoms with E-state index in [0.29, 0.717) is 13.2 Å². The summed E-state index contributed by atoms with van der Waals surface area (Å²) < 4.78 is 5.86. The third-order valence-electron chi connectivity index (χ3n) is 4.53. The molecule has 2 rings (SSSR count). The van der Waals surface area contributed by atoms with Crippen molar-refractivity contribution in [1.82, 2.24) is 4.90 Å². The molecule has 1 fully saturated rings. The van der Waals surface area contributed by atoms with Crippen LogP contribution in [0.5, 0.6) is 5.75 Å². The lowest BCUT2D eigenvalue weighted by Gasteiger charge is -2.22. The van der Waals surface area contributed by atoms with E-state index in [1.807, 2.05) is 31.1 Å². The molecule has 0 aliphatic heterocycles. The van der Waals surface area contributed by atoms with Crippen molar-refractivity contribution in [3.63, 3.8) is 0 Å². The van der Waals surface area contributed by atoms with Gasteiger partial charge in [-0.25, -0.2) is 0 Å². The van der Waals surface area contributed by atoms with Crippen LogP contribution >= 0.6 is 0 Å². The fourth-order valence-corrected chi connectivity index (χ4v) is 3.35. The molecule has 0 amide bonds. The van der Waals surface area contributed by atoms with Gasteiger partial charge in [-0.1, -0.05) is 50.3 Å². The SMILES string of the molecule is CN(C)CC(O)COc1ccccc1CCC1CCCCC1. The van der Waals surface area contributed by atoms with Gasteiger partial charge in [-0.15, -0.1) is 0 Å². The van der Waals surface area contributed by atoms with Crippen LogP contribution < -0.4 is 4.74 Å². The third kappa shape index (κ3) is 5.98. The van der Waals surface area contributed by atoms with Gasteiger partial charge in [-0.2, -0.15) is 0 Å². The van der Waals surface area contributed by atoms with Gasteiger partial charge in [-0.05, 0) is 44.5 Å². The zero-order valence-electron chi connectivity index (χ0n) is 14.1. The maximum Gasteiger partial charge on any atom is 0.122 e. The van der Waals surface area contributed by atoms with Crippen LogP contribution in [-0.4, -0.2) is 43.4 Å². The maximum atomic E-state index is 9.94. The molecular formula is C19H31NO2. The molecule has 1 aliphatic carbocycles. The Morgan fingerprint density at radius 2 is 1.91 bits per heavy atom. The second-order valence-electron chi connectivity index (χ2n) is 6.88. The van der Waals surface area contributed by atoms with Crippen LogP contribution in [0.1, 0.15) is 44.1 Å². The van der Waals surface area contributed by atoms with Crippen molar-refractivity contribution in [3.8, 4) is 5.75 Å². The average molecular weight is 305 g/mol. The zero-order chi connectivity index (χ0) is 15.8. The molecule has 1 saturated carbocycles. The Labute approximate surface area is 135 Å². The lowest BCUT2D eigenvalue weighted by atomic mass is 9.85. The summed E-state index contributed by atoms with van der Waals surface area (Å²) in [5.41, 5.74) is 1.28. The van der Waals surface area contributed by atoms with Gasteiger partial charge < -0.3 is 14.7 Å². The van der Waals surface area contributed by atoms with Crippen LogP contribution in [0.25, 0.3) is 0 Å². The summed E-state index contributed by atoms with van der Waals surface area (Å²) in [5, 5.41) is 9.94. The molecule has 0 heterocycles. The van der Waals surface area contributed by atoms with Crippen molar-refractivity contribution in [2.45, 2.75) is 51.0 Å². The first-order valence-electron chi connectivity index (χ1n) is 8.68. The van der Waals surface area contributed by atoms with Gasteiger partial charge in [0.1, 0.15) is 18.5 Å². The highest BCUT2D eigenvalue weighted by molar-refractivity contribution is 5.33. The number of ether oxygens (including phenoxy) is 1. The molecule has 0 saturated heterocycles. The van der Waals surface area contributed by atoms with E-state index in [-0.39, 0.29) is 0 Å². The van der Waals surface area contributed by atoms with Crippen LogP contribution in [0.2, 0.25) is 0 Å². The fraction of sp³-hybridized carbons (Fsp3) is 0.684. The number of aliphatic hydroxyl groups is 1. The summed E-state index contributed by atoms with van der Waals surface area (Å²) in [7, 11) is 3.92. The van der Waals surface area contributed by atoms with Gasteiger partial charge >= 0.3 is 0 Å². The minimum atomic E-state index is -0.443. The van der Waals surface area contributed by atoms with E-state index in [4.69, 9.17) is 4.74 Å². The Bertz CT molecular complexity index is 427. The highest BCUT2D eigenvalue weighted by atomic mass is 16.5. The van der Waals surface area contributed by atoms with Crippen LogP contribution in [0.4, 0.5) is 0 Å². The van der Waals surface area contributed by atoms with Gasteiger partial charge in [0.05, 0.1) is 0 Å². The second-order valence-corrected chi connectivity index (χ2v) is 6.88. The summed E-state index contributed by atoms with van der Waals surface area (Å²) in [4.78, 5) is 1.98. The highest BCUT2D eigenvalue weighted by Gasteiger charge is 2.14. The van der Waals surface area contributed by atoms with Crippen LogP contribution in [0.15, 0.2) is 24.3 Å². The van der Waals surface area contributed by atoms with Gasteiger partial charge in [0.25, 0.3) is 0 Å². The molecule has 0 aromatic heterocycles. The van der Waals surface area contributed by atoms with E-state index in [0.717, 1.165) is 18.1 Å². The van der Waals surface area contributed by atoms with E-state index in [2.05, 4.69) is 12.1 Å². The van der Waals surface area contributed by atoms with Gasteiger partial charge in [0.2, 0.25) is 0 Å². The number of aryl methyl sites for hydroxylation is 1. The van der Waals surface area contributed by atoms with Gasteiger partial charge in [-0.3, -0.25) is 0 Å². The number of rotatable bonds is 8. The van der Waals surface area contributed by atoms with Crippen LogP contribution in [0.3, 0.4) is 0 Å². The van der Waals surface area contributed by atoms with Crippen molar-refractivity contribution >= 4 is 0 Å². The predicted octanol–water partition coefficient (Wildman–Crippen LogP) is 3.50. The molecule has 1 aromatic rings. The maximum absolute atomic E-state index is 9.94. The lowest BCUT2D eigenvalue weighted by Crippen LogP contribution is -2.30. The van der Waals surface area contributed by atoms with E-state index < -0.39 is 6.10 Å². The van der Waals surface area contributed by atoms with Crippen molar-refractivity contribution < 1.29 is 9.84 Å². The summed E-state index contributed by atoms with van der Waals surface area (Å²) in [6.45, 7) is 0.989. The minimum Gasteiger partial charge on any atom is -0.491 e. The van der Waals surface area contributed by atoms with E-state index in [9.17, 15) is 5.11 Å². The van der Waals surface area contributed by atoms with Crippen molar-refractivity contribution in [2.24, 2.45) is 5.92 Å². The molecule has 1 N–H and O–H groups in total. The molecule has 1 unspecified atom stereocenters. The largest absolute Gasteiger partial charge is 0.491 e. The Kier molecular flexibility index (Phi) is 7.20. The Morgan fingerprint density at radius 1 is 1.18 bits per heavy atom. The number of aliphatic hydroxyl groups excluding tert-OH is 1. The number of nitrogens with zero attached hydrogens (tertiary/aromatic N) is 1. The molecule has 3 nitrogen and oxygen atoms in total. The van der Waals surface area contributed by atoms with Crippen molar-refractivity contribution in [1.29, 1.82) is 0 Å². The summed E-state index contributed by atoms with van der Waals surface area (Å²) in [6.07, 6.45) is 8.92. The number of hydrogen-bond donors (Lipinski definition) is 1. The molecule has 0 radical (unpaired) electrons. The van der Waals surface area contributed by atoms with Gasteiger partial charge in [0.15, 0.2) is 0 Å². The van der Waals surface area contributed by atoms with Crippen molar-refractivity contribution in [3.05, 3.63) is 29.8 Å². The summed E-state index contributed by atoms with van der Waals surface area (Å²) in [5.74, 6) is 1.83. The standard InChI is InChI=1S/C19H31NO2/c1-20(2)14-18(21)15-22-19-11-7-6-10-17(19)13-12-16-8-4-3-5-9-16/h6-7,10-11,16,18,21H,3-5,8-9,12-15H2,1-2H3. The first-order valence-corrected chi connectivity index (χ1v) is 8.68. The average Bonchev–Trinajstić information content (AvgIpc) is 2.52. The molecule has 124 valence electrons. The summed E-state index contributed by atoms with van der Waals surface area (Å²) in [6, 6.07) is 8.28. The third-order valence-corrected chi connectivity index (χ3v) is 4.53. The number of hydrogen-bond acceptors (Lipinski definition) is 3. The molecule has 1 atom stereocenters. The molecule has 3 heteroatoms. The predicted molar refractivity (Wildman–Crippen MR) is 91.4 cm³/mol. The molecular weight excluding hydrogens is 274 g/mol. The second kappa shape index (κ2) is 9.16. The molecule has 1 aromatic carbocycles. The molecule has 22 heavy (non-hydrogen) atoms. The van der Waals surface area contributed by atoms with Crippen molar-refractivity contribution in [2.75, 3.05) is 27.2 Å². The smallest absolute Gasteiger partial charge is 0.122 e. The van der Waals surface area contributed by atoms with Crippen LogP contribution in [0, 0.1) is 5.92 Å². The van der Waals surface area contributed by atoms with E-state index >= 15 is 0 Å². The first-order chi connectivity index (χ1) is 10.6. The Hall–Kier alpha value is -1.06. The topological polar surface area (TPSA) is 32.7 Å². The zero-order valence-corrected chi connectivity index (χ0v) is 14.1. The first kappa shape index (κ1) is 17.3. The van der Waals surface area contributed by atoms with Gasteiger partial charge in [0, 0.05) is 6.54 Å². The number of benzene rings is 1. The fourth-order valence-electron chi connectivity index (χ4n) is 3.35. The number of likely N-dealkylation sites (N-methyl/N-ethyl adjacent to an activating group) is 1. The molecule has 0 spiro atoms. The highest BCUT2D eigenvalue weighted by Crippen LogP contribution is 2.29. The quantitative estimate of drug-likeness (QED) is 0.798. The molecule has 1 aliphatic rings. The normalized spacial score (nSPS) is 17.6. The van der Waals surface area contributed by atoms with E-state index in [1.54, 1.807) is 0 Å².